The maximum atomic E-state index is 12.6. The van der Waals surface area contributed by atoms with Gasteiger partial charge in [0, 0.05) is 50.7 Å². The first-order chi connectivity index (χ1) is 19.1. The third-order valence-corrected chi connectivity index (χ3v) is 7.66. The number of aliphatic hydroxyl groups excluding tert-OH is 1. The molecule has 2 aromatic carbocycles. The van der Waals surface area contributed by atoms with Gasteiger partial charge < -0.3 is 23.7 Å². The van der Waals surface area contributed by atoms with Gasteiger partial charge in [-0.25, -0.2) is 4.98 Å². The quantitative estimate of drug-likeness (QED) is 0.297. The van der Waals surface area contributed by atoms with Gasteiger partial charge in [-0.05, 0) is 57.0 Å². The van der Waals surface area contributed by atoms with Gasteiger partial charge in [-0.15, -0.1) is 0 Å². The average molecular weight is 531 g/mol. The number of para-hydroxylation sites is 3. The molecule has 0 bridgehead atoms. The minimum atomic E-state index is -0.0756. The molecule has 1 aliphatic rings. The number of imidazole rings is 1. The molecular weight excluding hydrogens is 492 g/mol. The van der Waals surface area contributed by atoms with Gasteiger partial charge >= 0.3 is 0 Å². The van der Waals surface area contributed by atoms with Crippen LogP contribution in [0.15, 0.2) is 65.1 Å². The fraction of sp³-hybridized carbons (Fsp3) is 0.419. The lowest BCUT2D eigenvalue weighted by molar-refractivity contribution is 0.0739. The minimum Gasteiger partial charge on any atom is -0.492 e. The second-order valence-corrected chi connectivity index (χ2v) is 9.99. The average Bonchev–Trinajstić information content (AvgIpc) is 3.59. The number of carbonyl (C=O) groups is 1. The number of furan rings is 1. The third kappa shape index (κ3) is 6.02. The van der Waals surface area contributed by atoms with Gasteiger partial charge in [-0.1, -0.05) is 30.3 Å². The number of fused-ring (bicyclic) bond motifs is 1. The molecule has 1 fully saturated rings. The Labute approximate surface area is 229 Å². The highest BCUT2D eigenvalue weighted by Crippen LogP contribution is 2.29. The summed E-state index contributed by atoms with van der Waals surface area (Å²) in [6.07, 6.45) is 2.59. The van der Waals surface area contributed by atoms with Crippen molar-refractivity contribution >= 4 is 16.9 Å². The number of carbonyl (C=O) groups excluding carboxylic acids is 1. The summed E-state index contributed by atoms with van der Waals surface area (Å²) in [5, 5.41) is 9.88. The molecule has 8 heteroatoms. The molecule has 1 N–H and O–H groups in total. The Hall–Kier alpha value is -3.62. The number of benzene rings is 2. The number of likely N-dealkylation sites (tertiary alicyclic amines) is 1. The third-order valence-electron chi connectivity index (χ3n) is 7.66. The molecule has 4 aromatic rings. The first-order valence-electron chi connectivity index (χ1n) is 14.0. The second kappa shape index (κ2) is 12.5. The van der Waals surface area contributed by atoms with Gasteiger partial charge in [0.2, 0.25) is 0 Å². The van der Waals surface area contributed by atoms with Crippen LogP contribution in [0, 0.1) is 0 Å². The van der Waals surface area contributed by atoms with E-state index >= 15 is 0 Å². The zero-order valence-electron chi connectivity index (χ0n) is 22.9. The Balaban J connectivity index is 1.14. The monoisotopic (exact) mass is 530 g/mol. The van der Waals surface area contributed by atoms with Crippen molar-refractivity contribution in [3.05, 3.63) is 83.6 Å². The number of aromatic nitrogens is 2. The highest BCUT2D eigenvalue weighted by Gasteiger charge is 2.24. The predicted octanol–water partition coefficient (Wildman–Crippen LogP) is 4.91. The zero-order chi connectivity index (χ0) is 27.2. The molecule has 0 spiro atoms. The van der Waals surface area contributed by atoms with Crippen molar-refractivity contribution in [2.45, 2.75) is 45.8 Å². The molecule has 0 aliphatic carbocycles. The maximum Gasteiger partial charge on any atom is 0.289 e. The van der Waals surface area contributed by atoms with Crippen LogP contribution in [0.4, 0.5) is 0 Å². The van der Waals surface area contributed by atoms with E-state index in [0.717, 1.165) is 66.4 Å². The number of ether oxygens (including phenoxy) is 1. The fourth-order valence-electron chi connectivity index (χ4n) is 5.53. The molecule has 1 saturated heterocycles. The topological polar surface area (TPSA) is 84.0 Å². The SMILES string of the molecule is CCN(CC)C(=O)c1ccc(Cc2ccccc2OCCN2CCC(n3c(CO)nc4ccccc43)CC2)o1. The van der Waals surface area contributed by atoms with E-state index in [1.807, 2.05) is 62.4 Å². The number of aliphatic hydroxyl groups is 1. The lowest BCUT2D eigenvalue weighted by Crippen LogP contribution is -2.37. The van der Waals surface area contributed by atoms with Gasteiger partial charge in [-0.2, -0.15) is 0 Å². The number of rotatable bonds is 11. The van der Waals surface area contributed by atoms with E-state index < -0.39 is 0 Å². The molecule has 1 aliphatic heterocycles. The molecule has 2 aromatic heterocycles. The van der Waals surface area contributed by atoms with Gasteiger partial charge in [-0.3, -0.25) is 9.69 Å². The second-order valence-electron chi connectivity index (χ2n) is 9.99. The van der Waals surface area contributed by atoms with E-state index in [-0.39, 0.29) is 12.5 Å². The van der Waals surface area contributed by atoms with Crippen molar-refractivity contribution in [3.8, 4) is 5.75 Å². The predicted molar refractivity (Wildman–Crippen MR) is 151 cm³/mol. The molecule has 0 saturated carbocycles. The van der Waals surface area contributed by atoms with E-state index in [1.165, 1.54) is 0 Å². The minimum absolute atomic E-state index is 0.0479. The first-order valence-corrected chi connectivity index (χ1v) is 14.0. The molecule has 0 atom stereocenters. The number of hydrogen-bond donors (Lipinski definition) is 1. The lowest BCUT2D eigenvalue weighted by atomic mass is 10.0. The summed E-state index contributed by atoms with van der Waals surface area (Å²) in [6.45, 7) is 8.60. The van der Waals surface area contributed by atoms with Crippen LogP contribution in [0.3, 0.4) is 0 Å². The van der Waals surface area contributed by atoms with Gasteiger partial charge in [0.15, 0.2) is 5.76 Å². The van der Waals surface area contributed by atoms with Crippen LogP contribution in [0.2, 0.25) is 0 Å². The van der Waals surface area contributed by atoms with Crippen molar-refractivity contribution < 1.29 is 19.1 Å². The van der Waals surface area contributed by atoms with E-state index in [2.05, 4.69) is 20.5 Å². The zero-order valence-corrected chi connectivity index (χ0v) is 22.9. The Morgan fingerprint density at radius 1 is 1.05 bits per heavy atom. The summed E-state index contributed by atoms with van der Waals surface area (Å²) >= 11 is 0. The van der Waals surface area contributed by atoms with Gasteiger partial charge in [0.05, 0.1) is 11.0 Å². The molecular formula is C31H38N4O4. The molecule has 8 nitrogen and oxygen atoms in total. The standard InChI is InChI=1S/C31H38N4O4/c1-3-34(4-2)31(37)29-14-13-25(39-29)21-23-9-5-8-12-28(23)38-20-19-33-17-15-24(16-18-33)35-27-11-7-6-10-26(27)32-30(35)22-36/h5-14,24,36H,3-4,15-22H2,1-2H3. The smallest absolute Gasteiger partial charge is 0.289 e. The molecule has 3 heterocycles. The Kier molecular flexibility index (Phi) is 8.64. The van der Waals surface area contributed by atoms with E-state index in [9.17, 15) is 9.90 Å². The van der Waals surface area contributed by atoms with Crippen LogP contribution in [-0.2, 0) is 13.0 Å². The first kappa shape index (κ1) is 27.0. The summed E-state index contributed by atoms with van der Waals surface area (Å²) in [4.78, 5) is 21.4. The van der Waals surface area contributed by atoms with Crippen LogP contribution in [0.5, 0.6) is 5.75 Å². The molecule has 0 radical (unpaired) electrons. The van der Waals surface area contributed by atoms with E-state index in [0.29, 0.717) is 37.9 Å². The highest BCUT2D eigenvalue weighted by molar-refractivity contribution is 5.91. The van der Waals surface area contributed by atoms with Crippen molar-refractivity contribution in [2.75, 3.05) is 39.3 Å². The largest absolute Gasteiger partial charge is 0.492 e. The van der Waals surface area contributed by atoms with Crippen molar-refractivity contribution in [3.63, 3.8) is 0 Å². The summed E-state index contributed by atoms with van der Waals surface area (Å²) in [6, 6.07) is 20.1. The van der Waals surface area contributed by atoms with Crippen molar-refractivity contribution in [1.82, 2.24) is 19.4 Å². The molecule has 206 valence electrons. The van der Waals surface area contributed by atoms with Crippen LogP contribution < -0.4 is 4.74 Å². The Morgan fingerprint density at radius 2 is 1.79 bits per heavy atom. The van der Waals surface area contributed by atoms with Crippen LogP contribution >= 0.6 is 0 Å². The van der Waals surface area contributed by atoms with Crippen LogP contribution in [-0.4, -0.2) is 69.7 Å². The number of piperidine rings is 1. The maximum absolute atomic E-state index is 12.6. The van der Waals surface area contributed by atoms with E-state index in [1.54, 1.807) is 11.0 Å². The summed E-state index contributed by atoms with van der Waals surface area (Å²) in [7, 11) is 0. The molecule has 39 heavy (non-hydrogen) atoms. The summed E-state index contributed by atoms with van der Waals surface area (Å²) in [5.74, 6) is 2.64. The number of hydrogen-bond acceptors (Lipinski definition) is 6. The molecule has 0 unspecified atom stereocenters. The van der Waals surface area contributed by atoms with Gasteiger partial charge in [0.1, 0.15) is 30.5 Å². The number of nitrogens with zero attached hydrogens (tertiary/aromatic N) is 4. The normalized spacial score (nSPS) is 14.6. The van der Waals surface area contributed by atoms with Crippen molar-refractivity contribution in [2.24, 2.45) is 0 Å². The summed E-state index contributed by atoms with van der Waals surface area (Å²) in [5.41, 5.74) is 3.08. The highest BCUT2D eigenvalue weighted by atomic mass is 16.5. The summed E-state index contributed by atoms with van der Waals surface area (Å²) < 4.78 is 14.4. The van der Waals surface area contributed by atoms with E-state index in [4.69, 9.17) is 9.15 Å². The van der Waals surface area contributed by atoms with Crippen molar-refractivity contribution in [1.29, 1.82) is 0 Å². The Morgan fingerprint density at radius 3 is 2.56 bits per heavy atom. The molecule has 5 rings (SSSR count). The fourth-order valence-corrected chi connectivity index (χ4v) is 5.53. The lowest BCUT2D eigenvalue weighted by Gasteiger charge is -2.33. The van der Waals surface area contributed by atoms with Crippen LogP contribution in [0.25, 0.3) is 11.0 Å². The van der Waals surface area contributed by atoms with Gasteiger partial charge in [0.25, 0.3) is 5.91 Å². The Bertz CT molecular complexity index is 1380. The molecule has 1 amide bonds. The number of amides is 1. The van der Waals surface area contributed by atoms with Crippen LogP contribution in [0.1, 0.15) is 60.4 Å².